The minimum absolute atomic E-state index is 0.0741. The van der Waals surface area contributed by atoms with Crippen LogP contribution < -0.4 is 0 Å². The van der Waals surface area contributed by atoms with Crippen LogP contribution in [-0.2, 0) is 0 Å². The Balaban J connectivity index is 2.16. The molecule has 0 bridgehead atoms. The van der Waals surface area contributed by atoms with Crippen LogP contribution >= 0.6 is 23.2 Å². The van der Waals surface area contributed by atoms with Crippen LogP contribution in [0.15, 0.2) is 10.2 Å². The maximum Gasteiger partial charge on any atom is 0.135 e. The van der Waals surface area contributed by atoms with E-state index in [1.165, 1.54) is 6.42 Å². The Labute approximate surface area is 101 Å². The second kappa shape index (κ2) is 3.74. The third kappa shape index (κ3) is 1.94. The van der Waals surface area contributed by atoms with E-state index in [1.807, 2.05) is 0 Å². The predicted molar refractivity (Wildman–Crippen MR) is 65.7 cm³/mol. The Kier molecular flexibility index (Phi) is 2.85. The Morgan fingerprint density at radius 1 is 1.33 bits per heavy atom. The molecule has 4 heteroatoms. The molecule has 0 amide bonds. The summed E-state index contributed by atoms with van der Waals surface area (Å²) in [4.78, 5) is 0. The van der Waals surface area contributed by atoms with Crippen LogP contribution in [0.2, 0.25) is 0 Å². The van der Waals surface area contributed by atoms with Gasteiger partial charge in [-0.25, -0.2) is 0 Å². The summed E-state index contributed by atoms with van der Waals surface area (Å²) in [6, 6.07) is 0. The molecule has 1 fully saturated rings. The van der Waals surface area contributed by atoms with E-state index in [1.54, 1.807) is 0 Å². The van der Waals surface area contributed by atoms with E-state index >= 15 is 0 Å². The van der Waals surface area contributed by atoms with Crippen molar-refractivity contribution in [2.24, 2.45) is 33.4 Å². The van der Waals surface area contributed by atoms with Crippen molar-refractivity contribution in [3.8, 4) is 0 Å². The number of halogens is 2. The van der Waals surface area contributed by atoms with E-state index in [4.69, 9.17) is 23.2 Å². The van der Waals surface area contributed by atoms with E-state index in [0.717, 1.165) is 12.3 Å². The van der Waals surface area contributed by atoms with E-state index in [2.05, 4.69) is 31.0 Å². The second-order valence-electron chi connectivity index (χ2n) is 5.21. The van der Waals surface area contributed by atoms with Gasteiger partial charge in [0.15, 0.2) is 0 Å². The Bertz CT molecular complexity index is 335. The fourth-order valence-corrected chi connectivity index (χ4v) is 3.15. The van der Waals surface area contributed by atoms with E-state index in [0.29, 0.717) is 22.2 Å². The Hall–Kier alpha value is -0.0800. The maximum absolute atomic E-state index is 6.18. The Morgan fingerprint density at radius 2 is 2.00 bits per heavy atom. The summed E-state index contributed by atoms with van der Waals surface area (Å²) < 4.78 is 0. The van der Waals surface area contributed by atoms with Crippen molar-refractivity contribution >= 4 is 33.5 Å². The topological polar surface area (TPSA) is 24.7 Å². The van der Waals surface area contributed by atoms with Crippen molar-refractivity contribution in [2.45, 2.75) is 33.6 Å². The summed E-state index contributed by atoms with van der Waals surface area (Å²) in [6.45, 7) is 6.68. The fraction of sp³-hybridized carbons (Fsp3) is 0.818. The molecule has 2 rings (SSSR count). The highest BCUT2D eigenvalue weighted by molar-refractivity contribution is 6.70. The molecule has 3 atom stereocenters. The first-order valence-electron chi connectivity index (χ1n) is 5.41. The molecule has 0 aromatic rings. The summed E-state index contributed by atoms with van der Waals surface area (Å²) in [5, 5.41) is 8.99. The molecule has 1 heterocycles. The van der Waals surface area contributed by atoms with E-state index < -0.39 is 0 Å². The number of hydrogen-bond acceptors (Lipinski definition) is 2. The normalized spacial score (nSPS) is 40.1. The van der Waals surface area contributed by atoms with Crippen LogP contribution in [0.3, 0.4) is 0 Å². The van der Waals surface area contributed by atoms with Gasteiger partial charge in [0.2, 0.25) is 0 Å². The van der Waals surface area contributed by atoms with Gasteiger partial charge in [0, 0.05) is 11.8 Å². The summed E-state index contributed by atoms with van der Waals surface area (Å²) in [7, 11) is 0. The van der Waals surface area contributed by atoms with Crippen molar-refractivity contribution < 1.29 is 0 Å². The van der Waals surface area contributed by atoms with Crippen molar-refractivity contribution in [3.63, 3.8) is 0 Å². The molecule has 1 aliphatic heterocycles. The lowest BCUT2D eigenvalue weighted by Crippen LogP contribution is -2.32. The molecule has 0 N–H and O–H groups in total. The molecule has 0 aromatic heterocycles. The van der Waals surface area contributed by atoms with Crippen LogP contribution in [0.1, 0.15) is 33.6 Å². The van der Waals surface area contributed by atoms with Gasteiger partial charge >= 0.3 is 0 Å². The molecular weight excluding hydrogens is 231 g/mol. The highest BCUT2D eigenvalue weighted by Crippen LogP contribution is 2.57. The molecule has 0 saturated heterocycles. The fourth-order valence-electron chi connectivity index (χ4n) is 2.59. The summed E-state index contributed by atoms with van der Waals surface area (Å²) in [5.41, 5.74) is -0.0741. The summed E-state index contributed by atoms with van der Waals surface area (Å²) in [5.74, 6) is 2.11. The molecule has 1 aliphatic carbocycles. The largest absolute Gasteiger partial charge is 0.142 e. The average molecular weight is 247 g/mol. The minimum atomic E-state index is -0.0741. The molecule has 2 nitrogen and oxygen atoms in total. The van der Waals surface area contributed by atoms with Crippen LogP contribution in [0.25, 0.3) is 0 Å². The van der Waals surface area contributed by atoms with Gasteiger partial charge in [0.05, 0.1) is 0 Å². The van der Waals surface area contributed by atoms with Crippen LogP contribution in [-0.4, -0.2) is 10.3 Å². The maximum atomic E-state index is 6.18. The molecule has 0 aromatic carbocycles. The monoisotopic (exact) mass is 246 g/mol. The zero-order valence-electron chi connectivity index (χ0n) is 9.30. The van der Waals surface area contributed by atoms with Gasteiger partial charge in [-0.05, 0) is 24.2 Å². The molecule has 1 unspecified atom stereocenters. The predicted octanol–water partition coefficient (Wildman–Crippen LogP) is 3.88. The van der Waals surface area contributed by atoms with Gasteiger partial charge in [-0.3, -0.25) is 0 Å². The van der Waals surface area contributed by atoms with Crippen molar-refractivity contribution in [3.05, 3.63) is 0 Å². The van der Waals surface area contributed by atoms with Gasteiger partial charge in [-0.2, -0.15) is 0 Å². The second-order valence-corrected chi connectivity index (χ2v) is 6.01. The Morgan fingerprint density at radius 3 is 2.53 bits per heavy atom. The molecule has 0 radical (unpaired) electrons. The van der Waals surface area contributed by atoms with E-state index in [-0.39, 0.29) is 5.41 Å². The molecule has 1 saturated carbocycles. The number of rotatable bonds is 2. The minimum Gasteiger partial charge on any atom is -0.142 e. The van der Waals surface area contributed by atoms with Crippen LogP contribution in [0.5, 0.6) is 0 Å². The quantitative estimate of drug-likeness (QED) is 0.707. The molecular formula is C11H16Cl2N2. The van der Waals surface area contributed by atoms with Crippen molar-refractivity contribution in [1.29, 1.82) is 0 Å². The van der Waals surface area contributed by atoms with Crippen LogP contribution in [0.4, 0.5) is 0 Å². The first-order chi connectivity index (χ1) is 6.95. The van der Waals surface area contributed by atoms with Gasteiger partial charge in [0.25, 0.3) is 0 Å². The summed E-state index contributed by atoms with van der Waals surface area (Å²) >= 11 is 12.1. The number of nitrogens with zero attached hydrogens (tertiary/aromatic N) is 2. The average Bonchev–Trinajstić information content (AvgIpc) is 2.91. The van der Waals surface area contributed by atoms with E-state index in [9.17, 15) is 0 Å². The zero-order chi connectivity index (χ0) is 11.2. The third-order valence-electron chi connectivity index (χ3n) is 3.75. The van der Waals surface area contributed by atoms with Crippen molar-refractivity contribution in [1.82, 2.24) is 0 Å². The van der Waals surface area contributed by atoms with Gasteiger partial charge < -0.3 is 0 Å². The van der Waals surface area contributed by atoms with Gasteiger partial charge in [-0.15, -0.1) is 10.2 Å². The lowest BCUT2D eigenvalue weighted by atomic mass is 9.80. The third-order valence-corrected chi connectivity index (χ3v) is 4.46. The lowest BCUT2D eigenvalue weighted by Gasteiger charge is -2.30. The molecule has 15 heavy (non-hydrogen) atoms. The number of hydrogen-bond donors (Lipinski definition) is 0. The highest BCUT2D eigenvalue weighted by atomic mass is 35.5. The van der Waals surface area contributed by atoms with Crippen LogP contribution in [0, 0.1) is 23.2 Å². The first kappa shape index (κ1) is 11.4. The SMILES string of the molecule is CC(C)[C@H]1C[C@@H]1C1(C)CC(Cl)=NN=C1Cl. The summed E-state index contributed by atoms with van der Waals surface area (Å²) in [6.07, 6.45) is 1.98. The molecule has 2 aliphatic rings. The van der Waals surface area contributed by atoms with Gasteiger partial charge in [0.1, 0.15) is 10.3 Å². The zero-order valence-corrected chi connectivity index (χ0v) is 10.8. The molecule has 84 valence electrons. The van der Waals surface area contributed by atoms with Gasteiger partial charge in [-0.1, -0.05) is 44.0 Å². The lowest BCUT2D eigenvalue weighted by molar-refractivity contribution is 0.364. The van der Waals surface area contributed by atoms with Crippen molar-refractivity contribution in [2.75, 3.05) is 0 Å². The smallest absolute Gasteiger partial charge is 0.135 e. The standard InChI is InChI=1S/C11H16Cl2N2/c1-6(2)7-4-8(7)11(3)5-9(12)14-15-10(11)13/h6-8H,4-5H2,1-3H3/t7-,8+,11?/m1/s1. The molecule has 0 spiro atoms. The first-order valence-corrected chi connectivity index (χ1v) is 6.16. The highest BCUT2D eigenvalue weighted by Gasteiger charge is 2.54.